The Hall–Kier alpha value is -1.55. The number of carbonyl (C=O) groups is 1. The predicted octanol–water partition coefficient (Wildman–Crippen LogP) is 3.81. The first-order valence-electron chi connectivity index (χ1n) is 5.79. The van der Waals surface area contributed by atoms with E-state index in [1.807, 2.05) is 12.1 Å². The molecule has 0 N–H and O–H groups in total. The third-order valence-electron chi connectivity index (χ3n) is 2.74. The first kappa shape index (κ1) is 11.5. The van der Waals surface area contributed by atoms with Crippen LogP contribution in [0.5, 0.6) is 5.75 Å². The minimum absolute atomic E-state index is 0.126. The molecule has 0 aliphatic heterocycles. The Kier molecular flexibility index (Phi) is 2.96. The Balaban J connectivity index is 1.77. The molecule has 3 nitrogen and oxygen atoms in total. The van der Waals surface area contributed by atoms with Gasteiger partial charge in [0, 0.05) is 5.56 Å². The van der Waals surface area contributed by atoms with E-state index in [9.17, 15) is 4.79 Å². The number of furan rings is 1. The number of rotatable bonds is 4. The molecular formula is C14H11BrO3. The number of benzene rings is 1. The second kappa shape index (κ2) is 4.61. The number of ketones is 1. The van der Waals surface area contributed by atoms with Crippen LogP contribution in [0.4, 0.5) is 0 Å². The molecule has 0 saturated heterocycles. The van der Waals surface area contributed by atoms with Gasteiger partial charge >= 0.3 is 0 Å². The van der Waals surface area contributed by atoms with Gasteiger partial charge in [0.05, 0.1) is 6.10 Å². The molecule has 0 unspecified atom stereocenters. The zero-order chi connectivity index (χ0) is 12.5. The fraction of sp³-hybridized carbons (Fsp3) is 0.214. The van der Waals surface area contributed by atoms with E-state index in [1.54, 1.807) is 24.3 Å². The SMILES string of the molecule is O=C(c1ccc(OC2CC2)cc1)c1ccc(Br)o1. The van der Waals surface area contributed by atoms with Gasteiger partial charge in [-0.05, 0) is 65.2 Å². The van der Waals surface area contributed by atoms with Crippen molar-refractivity contribution in [1.29, 1.82) is 0 Å². The highest BCUT2D eigenvalue weighted by Crippen LogP contribution is 2.27. The van der Waals surface area contributed by atoms with Crippen LogP contribution in [0.1, 0.15) is 29.0 Å². The van der Waals surface area contributed by atoms with Crippen LogP contribution in [0.2, 0.25) is 0 Å². The van der Waals surface area contributed by atoms with Gasteiger partial charge in [-0.15, -0.1) is 0 Å². The van der Waals surface area contributed by atoms with Crippen LogP contribution in [0, 0.1) is 0 Å². The minimum atomic E-state index is -0.126. The molecule has 1 heterocycles. The lowest BCUT2D eigenvalue weighted by atomic mass is 10.1. The summed E-state index contributed by atoms with van der Waals surface area (Å²) in [5, 5.41) is 0. The average Bonchev–Trinajstić information content (AvgIpc) is 3.09. The second-order valence-corrected chi connectivity index (χ2v) is 5.06. The Morgan fingerprint density at radius 1 is 1.17 bits per heavy atom. The summed E-state index contributed by atoms with van der Waals surface area (Å²) < 4.78 is 11.4. The number of ether oxygens (including phenoxy) is 1. The van der Waals surface area contributed by atoms with Crippen molar-refractivity contribution in [3.8, 4) is 5.75 Å². The molecule has 1 aromatic heterocycles. The molecule has 1 aliphatic rings. The number of halogens is 1. The Morgan fingerprint density at radius 3 is 2.44 bits per heavy atom. The van der Waals surface area contributed by atoms with E-state index in [2.05, 4.69) is 15.9 Å². The molecule has 18 heavy (non-hydrogen) atoms. The maximum absolute atomic E-state index is 12.1. The van der Waals surface area contributed by atoms with Gasteiger partial charge in [0.25, 0.3) is 0 Å². The molecule has 1 aliphatic carbocycles. The third kappa shape index (κ3) is 2.48. The van der Waals surface area contributed by atoms with Crippen LogP contribution in [-0.4, -0.2) is 11.9 Å². The van der Waals surface area contributed by atoms with E-state index in [1.165, 1.54) is 0 Å². The zero-order valence-electron chi connectivity index (χ0n) is 9.56. The minimum Gasteiger partial charge on any atom is -0.490 e. The summed E-state index contributed by atoms with van der Waals surface area (Å²) in [5.74, 6) is 1.02. The van der Waals surface area contributed by atoms with Crippen LogP contribution < -0.4 is 4.74 Å². The monoisotopic (exact) mass is 306 g/mol. The molecule has 0 bridgehead atoms. The van der Waals surface area contributed by atoms with Gasteiger partial charge in [-0.3, -0.25) is 4.79 Å². The third-order valence-corrected chi connectivity index (χ3v) is 3.17. The first-order chi connectivity index (χ1) is 8.72. The van der Waals surface area contributed by atoms with Crippen molar-refractivity contribution >= 4 is 21.7 Å². The van der Waals surface area contributed by atoms with E-state index >= 15 is 0 Å². The molecule has 1 fully saturated rings. The van der Waals surface area contributed by atoms with Gasteiger partial charge in [-0.25, -0.2) is 0 Å². The molecule has 0 radical (unpaired) electrons. The fourth-order valence-electron chi connectivity index (χ4n) is 1.64. The van der Waals surface area contributed by atoms with E-state index in [0.717, 1.165) is 18.6 Å². The molecule has 2 aromatic rings. The van der Waals surface area contributed by atoms with Crippen molar-refractivity contribution in [2.24, 2.45) is 0 Å². The predicted molar refractivity (Wildman–Crippen MR) is 69.9 cm³/mol. The smallest absolute Gasteiger partial charge is 0.228 e. The van der Waals surface area contributed by atoms with Crippen LogP contribution in [-0.2, 0) is 0 Å². The fourth-order valence-corrected chi connectivity index (χ4v) is 1.95. The lowest BCUT2D eigenvalue weighted by Gasteiger charge is -2.04. The summed E-state index contributed by atoms with van der Waals surface area (Å²) >= 11 is 3.18. The molecule has 92 valence electrons. The van der Waals surface area contributed by atoms with Crippen molar-refractivity contribution in [2.75, 3.05) is 0 Å². The molecule has 0 atom stereocenters. The van der Waals surface area contributed by atoms with E-state index < -0.39 is 0 Å². The van der Waals surface area contributed by atoms with Crippen molar-refractivity contribution in [2.45, 2.75) is 18.9 Å². The summed E-state index contributed by atoms with van der Waals surface area (Å²) in [6.45, 7) is 0. The van der Waals surface area contributed by atoms with Crippen molar-refractivity contribution < 1.29 is 13.9 Å². The summed E-state index contributed by atoms with van der Waals surface area (Å²) in [5.41, 5.74) is 0.597. The Bertz CT molecular complexity index is 567. The largest absolute Gasteiger partial charge is 0.490 e. The van der Waals surface area contributed by atoms with Gasteiger partial charge in [-0.1, -0.05) is 0 Å². The molecule has 1 saturated carbocycles. The van der Waals surface area contributed by atoms with Gasteiger partial charge in [0.15, 0.2) is 10.4 Å². The summed E-state index contributed by atoms with van der Waals surface area (Å²) in [4.78, 5) is 12.1. The maximum atomic E-state index is 12.1. The molecule has 4 heteroatoms. The van der Waals surface area contributed by atoms with Crippen LogP contribution >= 0.6 is 15.9 Å². The second-order valence-electron chi connectivity index (χ2n) is 4.27. The molecule has 1 aromatic carbocycles. The van der Waals surface area contributed by atoms with Gasteiger partial charge in [0.1, 0.15) is 5.75 Å². The van der Waals surface area contributed by atoms with E-state index in [0.29, 0.717) is 22.1 Å². The highest BCUT2D eigenvalue weighted by Gasteiger charge is 2.23. The molecule has 0 amide bonds. The van der Waals surface area contributed by atoms with Crippen LogP contribution in [0.3, 0.4) is 0 Å². The number of hydrogen-bond acceptors (Lipinski definition) is 3. The average molecular weight is 307 g/mol. The Labute approximate surface area is 113 Å². The number of carbonyl (C=O) groups excluding carboxylic acids is 1. The van der Waals surface area contributed by atoms with Crippen LogP contribution in [0.25, 0.3) is 0 Å². The zero-order valence-corrected chi connectivity index (χ0v) is 11.1. The van der Waals surface area contributed by atoms with Gasteiger partial charge < -0.3 is 9.15 Å². The molecular weight excluding hydrogens is 296 g/mol. The van der Waals surface area contributed by atoms with Crippen molar-refractivity contribution in [3.63, 3.8) is 0 Å². The van der Waals surface area contributed by atoms with Gasteiger partial charge in [-0.2, -0.15) is 0 Å². The highest BCUT2D eigenvalue weighted by molar-refractivity contribution is 9.10. The molecule has 0 spiro atoms. The highest BCUT2D eigenvalue weighted by atomic mass is 79.9. The van der Waals surface area contributed by atoms with Gasteiger partial charge in [0.2, 0.25) is 5.78 Å². The summed E-state index contributed by atoms with van der Waals surface area (Å²) in [7, 11) is 0. The number of hydrogen-bond donors (Lipinski definition) is 0. The van der Waals surface area contributed by atoms with Crippen LogP contribution in [0.15, 0.2) is 45.5 Å². The first-order valence-corrected chi connectivity index (χ1v) is 6.58. The van der Waals surface area contributed by atoms with E-state index in [-0.39, 0.29) is 5.78 Å². The quantitative estimate of drug-likeness (QED) is 0.806. The summed E-state index contributed by atoms with van der Waals surface area (Å²) in [6.07, 6.45) is 2.62. The topological polar surface area (TPSA) is 39.4 Å². The maximum Gasteiger partial charge on any atom is 0.228 e. The summed E-state index contributed by atoms with van der Waals surface area (Å²) in [6, 6.07) is 10.5. The lowest BCUT2D eigenvalue weighted by Crippen LogP contribution is -2.00. The van der Waals surface area contributed by atoms with Crippen molar-refractivity contribution in [1.82, 2.24) is 0 Å². The lowest BCUT2D eigenvalue weighted by molar-refractivity contribution is 0.101. The normalized spacial score (nSPS) is 14.5. The van der Waals surface area contributed by atoms with E-state index in [4.69, 9.17) is 9.15 Å². The standard InChI is InChI=1S/C14H11BrO3/c15-13-8-7-12(18-13)14(16)9-1-3-10(4-2-9)17-11-5-6-11/h1-4,7-8,11H,5-6H2. The Morgan fingerprint density at radius 2 is 1.89 bits per heavy atom. The molecule has 3 rings (SSSR count). The van der Waals surface area contributed by atoms with Crippen molar-refractivity contribution in [3.05, 3.63) is 52.4 Å².